The van der Waals surface area contributed by atoms with Gasteiger partial charge in [-0.15, -0.1) is 11.3 Å². The third kappa shape index (κ3) is 6.90. The zero-order valence-corrected chi connectivity index (χ0v) is 20.5. The maximum absolute atomic E-state index is 12.9. The second kappa shape index (κ2) is 12.5. The summed E-state index contributed by atoms with van der Waals surface area (Å²) in [4.78, 5) is 37.8. The first-order valence-electron chi connectivity index (χ1n) is 11.7. The van der Waals surface area contributed by atoms with Crippen molar-refractivity contribution in [2.45, 2.75) is 12.3 Å². The van der Waals surface area contributed by atoms with Crippen LogP contribution in [0.1, 0.15) is 43.5 Å². The van der Waals surface area contributed by atoms with Crippen LogP contribution in [-0.2, 0) is 4.79 Å². The van der Waals surface area contributed by atoms with Crippen molar-refractivity contribution >= 4 is 34.7 Å². The number of hydrogen-bond donors (Lipinski definition) is 3. The van der Waals surface area contributed by atoms with Gasteiger partial charge in [0, 0.05) is 36.7 Å². The molecule has 182 valence electrons. The summed E-state index contributed by atoms with van der Waals surface area (Å²) in [6.45, 7) is 0.648. The van der Waals surface area contributed by atoms with Crippen molar-refractivity contribution in [3.63, 3.8) is 0 Å². The first kappa shape index (κ1) is 24.9. The number of hydrogen-bond acceptors (Lipinski definition) is 4. The molecule has 0 aliphatic carbocycles. The largest absolute Gasteiger partial charge is 0.350 e. The molecule has 1 aromatic heterocycles. The fraction of sp³-hybridized carbons (Fsp3) is 0.138. The molecule has 36 heavy (non-hydrogen) atoms. The minimum absolute atomic E-state index is 0.0576. The molecule has 4 rings (SSSR count). The van der Waals surface area contributed by atoms with Gasteiger partial charge in [0.1, 0.15) is 0 Å². The highest BCUT2D eigenvalue weighted by Crippen LogP contribution is 2.28. The molecule has 0 unspecified atom stereocenters. The number of amides is 3. The van der Waals surface area contributed by atoms with E-state index in [0.717, 1.165) is 11.1 Å². The summed E-state index contributed by atoms with van der Waals surface area (Å²) in [5, 5.41) is 10.3. The highest BCUT2D eigenvalue weighted by molar-refractivity contribution is 7.12. The molecule has 0 saturated carbocycles. The lowest BCUT2D eigenvalue weighted by atomic mass is 9.88. The molecule has 0 saturated heterocycles. The Morgan fingerprint density at radius 1 is 0.667 bits per heavy atom. The zero-order valence-electron chi connectivity index (χ0n) is 19.6. The second-order valence-corrected chi connectivity index (χ2v) is 9.14. The number of carbonyl (C=O) groups is 3. The fourth-order valence-corrected chi connectivity index (χ4v) is 4.49. The van der Waals surface area contributed by atoms with Crippen LogP contribution in [0.3, 0.4) is 0 Å². The van der Waals surface area contributed by atoms with E-state index in [4.69, 9.17) is 0 Å². The molecule has 3 N–H and O–H groups in total. The fourth-order valence-electron chi connectivity index (χ4n) is 3.85. The zero-order chi connectivity index (χ0) is 25.2. The maximum Gasteiger partial charge on any atom is 0.261 e. The number of carbonyl (C=O) groups excluding carboxylic acids is 3. The summed E-state index contributed by atoms with van der Waals surface area (Å²) in [6, 6.07) is 30.3. The summed E-state index contributed by atoms with van der Waals surface area (Å²) in [5.41, 5.74) is 3.26. The van der Waals surface area contributed by atoms with E-state index in [0.29, 0.717) is 35.6 Å². The van der Waals surface area contributed by atoms with E-state index < -0.39 is 0 Å². The van der Waals surface area contributed by atoms with Gasteiger partial charge in [-0.2, -0.15) is 0 Å². The first-order valence-corrected chi connectivity index (χ1v) is 12.6. The van der Waals surface area contributed by atoms with Crippen LogP contribution < -0.4 is 16.0 Å². The smallest absolute Gasteiger partial charge is 0.261 e. The van der Waals surface area contributed by atoms with Crippen LogP contribution in [0, 0.1) is 0 Å². The van der Waals surface area contributed by atoms with E-state index in [1.165, 1.54) is 11.3 Å². The normalized spacial score (nSPS) is 10.6. The van der Waals surface area contributed by atoms with Crippen LogP contribution in [0.15, 0.2) is 102 Å². The lowest BCUT2D eigenvalue weighted by molar-refractivity contribution is -0.116. The van der Waals surface area contributed by atoms with E-state index in [2.05, 4.69) is 16.0 Å². The van der Waals surface area contributed by atoms with Gasteiger partial charge in [-0.25, -0.2) is 0 Å². The monoisotopic (exact) mass is 497 g/mol. The Hall–Kier alpha value is -4.23. The van der Waals surface area contributed by atoms with Gasteiger partial charge in [-0.3, -0.25) is 14.4 Å². The topological polar surface area (TPSA) is 87.3 Å². The molecule has 0 fully saturated rings. The summed E-state index contributed by atoms with van der Waals surface area (Å²) in [6.07, 6.45) is 0.299. The summed E-state index contributed by atoms with van der Waals surface area (Å²) in [5.74, 6) is -0.559. The number of benzene rings is 3. The van der Waals surface area contributed by atoms with E-state index in [1.807, 2.05) is 72.1 Å². The average molecular weight is 498 g/mol. The molecule has 0 bridgehead atoms. The lowest BCUT2D eigenvalue weighted by Crippen LogP contribution is -2.34. The number of rotatable bonds is 10. The molecular formula is C29H27N3O3S. The van der Waals surface area contributed by atoms with Gasteiger partial charge < -0.3 is 16.0 Å². The summed E-state index contributed by atoms with van der Waals surface area (Å²) < 4.78 is 0. The average Bonchev–Trinajstić information content (AvgIpc) is 3.46. The Labute approximate surface area is 214 Å². The molecule has 0 spiro atoms. The SMILES string of the molecule is O=C(CC(c1ccccc1)c1ccccc1)Nc1ccc(C(=O)NCCNC(=O)c2cccs2)cc1. The lowest BCUT2D eigenvalue weighted by Gasteiger charge is -2.18. The highest BCUT2D eigenvalue weighted by atomic mass is 32.1. The van der Waals surface area contributed by atoms with Gasteiger partial charge in [0.25, 0.3) is 11.8 Å². The Morgan fingerprint density at radius 2 is 1.25 bits per heavy atom. The van der Waals surface area contributed by atoms with Gasteiger partial charge in [0.15, 0.2) is 0 Å². The van der Waals surface area contributed by atoms with Crippen LogP contribution >= 0.6 is 11.3 Å². The Kier molecular flexibility index (Phi) is 8.62. The quantitative estimate of drug-likeness (QED) is 0.267. The van der Waals surface area contributed by atoms with Crippen LogP contribution in [0.2, 0.25) is 0 Å². The van der Waals surface area contributed by atoms with Crippen LogP contribution in [0.4, 0.5) is 5.69 Å². The highest BCUT2D eigenvalue weighted by Gasteiger charge is 2.18. The van der Waals surface area contributed by atoms with Crippen molar-refractivity contribution in [3.05, 3.63) is 124 Å². The molecule has 6 nitrogen and oxygen atoms in total. The van der Waals surface area contributed by atoms with Gasteiger partial charge in [-0.1, -0.05) is 66.7 Å². The van der Waals surface area contributed by atoms with Crippen molar-refractivity contribution in [2.75, 3.05) is 18.4 Å². The van der Waals surface area contributed by atoms with E-state index >= 15 is 0 Å². The van der Waals surface area contributed by atoms with E-state index in [1.54, 1.807) is 30.3 Å². The summed E-state index contributed by atoms with van der Waals surface area (Å²) in [7, 11) is 0. The van der Waals surface area contributed by atoms with Crippen LogP contribution in [0.5, 0.6) is 0 Å². The standard InChI is InChI=1S/C29H27N3O3S/c33-27(20-25(21-8-3-1-4-9-21)22-10-5-2-6-11-22)32-24-15-13-23(14-16-24)28(34)30-17-18-31-29(35)26-12-7-19-36-26/h1-16,19,25H,17-18,20H2,(H,30,34)(H,31,35)(H,32,33). The molecule has 0 radical (unpaired) electrons. The predicted molar refractivity (Wildman–Crippen MR) is 143 cm³/mol. The third-order valence-corrected chi connectivity index (χ3v) is 6.53. The molecule has 1 heterocycles. The number of nitrogens with one attached hydrogen (secondary N) is 3. The molecule has 3 aromatic carbocycles. The molecular weight excluding hydrogens is 470 g/mol. The van der Waals surface area contributed by atoms with E-state index in [-0.39, 0.29) is 23.6 Å². The van der Waals surface area contributed by atoms with Crippen LogP contribution in [0.25, 0.3) is 0 Å². The van der Waals surface area contributed by atoms with Crippen molar-refractivity contribution in [2.24, 2.45) is 0 Å². The maximum atomic E-state index is 12.9. The third-order valence-electron chi connectivity index (χ3n) is 5.67. The second-order valence-electron chi connectivity index (χ2n) is 8.19. The molecule has 0 atom stereocenters. The van der Waals surface area contributed by atoms with Gasteiger partial charge in [0.05, 0.1) is 4.88 Å². The van der Waals surface area contributed by atoms with Crippen molar-refractivity contribution < 1.29 is 14.4 Å². The minimum atomic E-state index is -0.244. The van der Waals surface area contributed by atoms with Crippen molar-refractivity contribution in [3.8, 4) is 0 Å². The van der Waals surface area contributed by atoms with Crippen molar-refractivity contribution in [1.82, 2.24) is 10.6 Å². The van der Waals surface area contributed by atoms with Gasteiger partial charge in [-0.05, 0) is 46.8 Å². The summed E-state index contributed by atoms with van der Waals surface area (Å²) >= 11 is 1.37. The predicted octanol–water partition coefficient (Wildman–Crippen LogP) is 5.07. The Balaban J connectivity index is 1.28. The molecule has 7 heteroatoms. The van der Waals surface area contributed by atoms with E-state index in [9.17, 15) is 14.4 Å². The van der Waals surface area contributed by atoms with Gasteiger partial charge in [0.2, 0.25) is 5.91 Å². The minimum Gasteiger partial charge on any atom is -0.350 e. The molecule has 4 aromatic rings. The Bertz CT molecular complexity index is 1240. The van der Waals surface area contributed by atoms with Crippen LogP contribution in [-0.4, -0.2) is 30.8 Å². The Morgan fingerprint density at radius 3 is 1.81 bits per heavy atom. The number of thiophene rings is 1. The number of anilines is 1. The van der Waals surface area contributed by atoms with Crippen molar-refractivity contribution in [1.29, 1.82) is 0 Å². The molecule has 3 amide bonds. The molecule has 0 aliphatic heterocycles. The molecule has 0 aliphatic rings. The first-order chi connectivity index (χ1) is 17.6. The van der Waals surface area contributed by atoms with Gasteiger partial charge >= 0.3 is 0 Å².